The van der Waals surface area contributed by atoms with Gasteiger partial charge in [0.15, 0.2) is 12.2 Å². The van der Waals surface area contributed by atoms with Crippen molar-refractivity contribution in [1.82, 2.24) is 15.2 Å². The van der Waals surface area contributed by atoms with Crippen LogP contribution in [0.15, 0.2) is 59.0 Å². The van der Waals surface area contributed by atoms with E-state index in [0.717, 1.165) is 4.90 Å². The normalized spacial score (nSPS) is 18.9. The molecule has 1 fully saturated rings. The SMILES string of the molecule is CCC1(c2ccccc2)NC(=O)N(CC(=O)OCc2nc3ccccc3o2)C1=O. The monoisotopic (exact) mass is 393 g/mol. The van der Waals surface area contributed by atoms with Crippen LogP contribution >= 0.6 is 0 Å². The Labute approximate surface area is 166 Å². The summed E-state index contributed by atoms with van der Waals surface area (Å²) in [6, 6.07) is 15.5. The van der Waals surface area contributed by atoms with Crippen LogP contribution in [0.5, 0.6) is 0 Å². The van der Waals surface area contributed by atoms with Crippen molar-refractivity contribution in [2.45, 2.75) is 25.5 Å². The number of para-hydroxylation sites is 2. The summed E-state index contributed by atoms with van der Waals surface area (Å²) in [4.78, 5) is 42.8. The number of fused-ring (bicyclic) bond motifs is 1. The molecule has 4 rings (SSSR count). The molecule has 0 bridgehead atoms. The van der Waals surface area contributed by atoms with Crippen molar-refractivity contribution in [3.05, 3.63) is 66.1 Å². The molecule has 0 saturated carbocycles. The number of hydrogen-bond donors (Lipinski definition) is 1. The van der Waals surface area contributed by atoms with Crippen LogP contribution in [0.2, 0.25) is 0 Å². The van der Waals surface area contributed by atoms with Gasteiger partial charge in [0.2, 0.25) is 5.89 Å². The van der Waals surface area contributed by atoms with E-state index in [1.54, 1.807) is 43.3 Å². The predicted molar refractivity (Wildman–Crippen MR) is 102 cm³/mol. The Morgan fingerprint density at radius 2 is 1.86 bits per heavy atom. The Bertz CT molecular complexity index is 1050. The molecular weight excluding hydrogens is 374 g/mol. The molecule has 1 atom stereocenters. The summed E-state index contributed by atoms with van der Waals surface area (Å²) in [5.41, 5.74) is 0.730. The number of nitrogens with one attached hydrogen (secondary N) is 1. The highest BCUT2D eigenvalue weighted by atomic mass is 16.5. The molecule has 8 nitrogen and oxygen atoms in total. The van der Waals surface area contributed by atoms with E-state index in [9.17, 15) is 14.4 Å². The van der Waals surface area contributed by atoms with Crippen molar-refractivity contribution < 1.29 is 23.5 Å². The molecule has 1 N–H and O–H groups in total. The number of oxazole rings is 1. The van der Waals surface area contributed by atoms with E-state index in [1.165, 1.54) is 0 Å². The zero-order chi connectivity index (χ0) is 20.4. The molecule has 1 unspecified atom stereocenters. The van der Waals surface area contributed by atoms with Crippen LogP contribution < -0.4 is 5.32 Å². The Morgan fingerprint density at radius 3 is 2.59 bits per heavy atom. The molecule has 1 aliphatic heterocycles. The fourth-order valence-electron chi connectivity index (χ4n) is 3.43. The van der Waals surface area contributed by atoms with Gasteiger partial charge in [-0.15, -0.1) is 0 Å². The number of nitrogens with zero attached hydrogens (tertiary/aromatic N) is 2. The topological polar surface area (TPSA) is 102 Å². The van der Waals surface area contributed by atoms with Crippen LogP contribution in [0.4, 0.5) is 4.79 Å². The highest BCUT2D eigenvalue weighted by molar-refractivity contribution is 6.09. The number of esters is 1. The second-order valence-electron chi connectivity index (χ2n) is 6.68. The Morgan fingerprint density at radius 1 is 1.14 bits per heavy atom. The number of ether oxygens (including phenoxy) is 1. The second kappa shape index (κ2) is 7.38. The lowest BCUT2D eigenvalue weighted by Crippen LogP contribution is -2.43. The minimum Gasteiger partial charge on any atom is -0.454 e. The van der Waals surface area contributed by atoms with E-state index in [2.05, 4.69) is 10.3 Å². The molecule has 1 aliphatic rings. The van der Waals surface area contributed by atoms with Gasteiger partial charge < -0.3 is 14.5 Å². The molecule has 2 heterocycles. The zero-order valence-corrected chi connectivity index (χ0v) is 15.8. The first-order chi connectivity index (χ1) is 14.0. The average molecular weight is 393 g/mol. The third kappa shape index (κ3) is 3.33. The molecule has 2 aromatic carbocycles. The smallest absolute Gasteiger partial charge is 0.326 e. The average Bonchev–Trinajstić information content (AvgIpc) is 3.27. The standard InChI is InChI=1S/C21H19N3O5/c1-2-21(14-8-4-3-5-9-14)19(26)24(20(27)23-21)12-18(25)28-13-17-22-15-10-6-7-11-16(15)29-17/h3-11H,2,12-13H2,1H3,(H,23,27). The number of hydrogen-bond acceptors (Lipinski definition) is 6. The lowest BCUT2D eigenvalue weighted by Gasteiger charge is -2.25. The Balaban J connectivity index is 1.44. The molecule has 3 amide bonds. The maximum Gasteiger partial charge on any atom is 0.326 e. The molecule has 0 radical (unpaired) electrons. The van der Waals surface area contributed by atoms with Gasteiger partial charge in [-0.3, -0.25) is 14.5 Å². The summed E-state index contributed by atoms with van der Waals surface area (Å²) < 4.78 is 10.6. The van der Waals surface area contributed by atoms with E-state index in [-0.39, 0.29) is 12.5 Å². The van der Waals surface area contributed by atoms with Crippen molar-refractivity contribution in [1.29, 1.82) is 0 Å². The number of urea groups is 1. The number of carbonyl (C=O) groups is 3. The van der Waals surface area contributed by atoms with Crippen molar-refractivity contribution in [2.75, 3.05) is 6.54 Å². The molecule has 3 aromatic rings. The fourth-order valence-corrected chi connectivity index (χ4v) is 3.43. The largest absolute Gasteiger partial charge is 0.454 e. The molecule has 0 spiro atoms. The van der Waals surface area contributed by atoms with Crippen LogP contribution in [-0.4, -0.2) is 34.3 Å². The van der Waals surface area contributed by atoms with Gasteiger partial charge in [0.05, 0.1) is 0 Å². The van der Waals surface area contributed by atoms with Crippen molar-refractivity contribution >= 4 is 29.0 Å². The van der Waals surface area contributed by atoms with Gasteiger partial charge in [0.25, 0.3) is 5.91 Å². The third-order valence-corrected chi connectivity index (χ3v) is 4.95. The molecule has 0 aliphatic carbocycles. The Hall–Kier alpha value is -3.68. The molecule has 1 aromatic heterocycles. The van der Waals surface area contributed by atoms with Crippen molar-refractivity contribution in [3.8, 4) is 0 Å². The highest BCUT2D eigenvalue weighted by Crippen LogP contribution is 2.32. The second-order valence-corrected chi connectivity index (χ2v) is 6.68. The van der Waals surface area contributed by atoms with Crippen molar-refractivity contribution in [2.24, 2.45) is 0 Å². The van der Waals surface area contributed by atoms with Crippen LogP contribution in [0.25, 0.3) is 11.1 Å². The number of aromatic nitrogens is 1. The van der Waals surface area contributed by atoms with E-state index in [0.29, 0.717) is 23.1 Å². The van der Waals surface area contributed by atoms with E-state index >= 15 is 0 Å². The van der Waals surface area contributed by atoms with Gasteiger partial charge in [-0.1, -0.05) is 49.4 Å². The van der Waals surface area contributed by atoms with E-state index in [1.807, 2.05) is 18.2 Å². The number of rotatable bonds is 6. The quantitative estimate of drug-likeness (QED) is 0.510. The van der Waals surface area contributed by atoms with E-state index in [4.69, 9.17) is 9.15 Å². The minimum atomic E-state index is -1.18. The van der Waals surface area contributed by atoms with Gasteiger partial charge in [-0.25, -0.2) is 9.78 Å². The predicted octanol–water partition coefficient (Wildman–Crippen LogP) is 2.73. The minimum absolute atomic E-state index is 0.186. The van der Waals surface area contributed by atoms with Gasteiger partial charge in [0, 0.05) is 0 Å². The van der Waals surface area contributed by atoms with E-state index < -0.39 is 30.0 Å². The van der Waals surface area contributed by atoms with Gasteiger partial charge >= 0.3 is 12.0 Å². The number of amides is 3. The fraction of sp³-hybridized carbons (Fsp3) is 0.238. The first-order valence-electron chi connectivity index (χ1n) is 9.23. The van der Waals surface area contributed by atoms with Crippen LogP contribution in [-0.2, 0) is 26.5 Å². The van der Waals surface area contributed by atoms with Crippen LogP contribution in [0, 0.1) is 0 Å². The maximum absolute atomic E-state index is 13.0. The third-order valence-electron chi connectivity index (χ3n) is 4.95. The summed E-state index contributed by atoms with van der Waals surface area (Å²) in [5, 5.41) is 2.73. The van der Waals surface area contributed by atoms with Gasteiger partial charge in [-0.05, 0) is 24.1 Å². The van der Waals surface area contributed by atoms with Gasteiger partial charge in [-0.2, -0.15) is 0 Å². The zero-order valence-electron chi connectivity index (χ0n) is 15.8. The summed E-state index contributed by atoms with van der Waals surface area (Å²) >= 11 is 0. The highest BCUT2D eigenvalue weighted by Gasteiger charge is 2.51. The maximum atomic E-state index is 13.0. The van der Waals surface area contributed by atoms with Crippen LogP contribution in [0.3, 0.4) is 0 Å². The number of benzene rings is 2. The first-order valence-corrected chi connectivity index (χ1v) is 9.23. The lowest BCUT2D eigenvalue weighted by molar-refractivity contribution is -0.149. The van der Waals surface area contributed by atoms with Crippen LogP contribution in [0.1, 0.15) is 24.8 Å². The number of carbonyl (C=O) groups excluding carboxylic acids is 3. The first kappa shape index (κ1) is 18.7. The molecule has 148 valence electrons. The Kier molecular flexibility index (Phi) is 4.75. The summed E-state index contributed by atoms with van der Waals surface area (Å²) in [5.74, 6) is -0.963. The summed E-state index contributed by atoms with van der Waals surface area (Å²) in [6.45, 7) is 1.13. The molecule has 1 saturated heterocycles. The molecular formula is C21H19N3O5. The van der Waals surface area contributed by atoms with Gasteiger partial charge in [0.1, 0.15) is 17.6 Å². The summed E-state index contributed by atoms with van der Waals surface area (Å²) in [6.07, 6.45) is 0.357. The van der Waals surface area contributed by atoms with Crippen molar-refractivity contribution in [3.63, 3.8) is 0 Å². The molecule has 29 heavy (non-hydrogen) atoms. The lowest BCUT2D eigenvalue weighted by atomic mass is 9.87. The number of imide groups is 1. The summed E-state index contributed by atoms with van der Waals surface area (Å²) in [7, 11) is 0. The molecule has 8 heteroatoms.